The minimum absolute atomic E-state index is 0.107. The van der Waals surface area contributed by atoms with Gasteiger partial charge in [-0.15, -0.1) is 0 Å². The number of carbonyl (C=O) groups is 2. The maximum atomic E-state index is 12.1. The van der Waals surface area contributed by atoms with Gasteiger partial charge in [-0.2, -0.15) is 0 Å². The van der Waals surface area contributed by atoms with Crippen LogP contribution in [0.5, 0.6) is 0 Å². The second kappa shape index (κ2) is 5.83. The lowest BCUT2D eigenvalue weighted by Gasteiger charge is -2.47. The van der Waals surface area contributed by atoms with Crippen molar-refractivity contribution in [2.24, 2.45) is 11.8 Å². The van der Waals surface area contributed by atoms with Crippen molar-refractivity contribution in [3.8, 4) is 0 Å². The topological polar surface area (TPSA) is 78.9 Å². The lowest BCUT2D eigenvalue weighted by atomic mass is 9.72. The fraction of sp³-hybridized carbons (Fsp3) is 0.867. The summed E-state index contributed by atoms with van der Waals surface area (Å²) in [5.41, 5.74) is 0.107. The maximum Gasteiger partial charge on any atom is 0.317 e. The predicted molar refractivity (Wildman–Crippen MR) is 76.0 cm³/mol. The summed E-state index contributed by atoms with van der Waals surface area (Å²) < 4.78 is 5.89. The van der Waals surface area contributed by atoms with Gasteiger partial charge in [-0.05, 0) is 44.4 Å². The van der Waals surface area contributed by atoms with E-state index < -0.39 is 11.9 Å². The molecule has 0 aromatic rings. The van der Waals surface area contributed by atoms with Crippen molar-refractivity contribution >= 4 is 12.0 Å². The van der Waals surface area contributed by atoms with Crippen LogP contribution in [-0.4, -0.2) is 53.8 Å². The van der Waals surface area contributed by atoms with Crippen LogP contribution in [0.2, 0.25) is 0 Å². The fourth-order valence-electron chi connectivity index (χ4n) is 3.71. The summed E-state index contributed by atoms with van der Waals surface area (Å²) in [6, 6.07) is -0.118. The molecule has 6 nitrogen and oxygen atoms in total. The number of carboxylic acid groups (broad SMARTS) is 1. The molecule has 3 fully saturated rings. The minimum atomic E-state index is -0.804. The number of nitrogens with zero attached hydrogens (tertiary/aromatic N) is 1. The number of urea groups is 1. The number of aliphatic carboxylic acids is 1. The van der Waals surface area contributed by atoms with Crippen LogP contribution in [0.3, 0.4) is 0 Å². The highest BCUT2D eigenvalue weighted by molar-refractivity contribution is 5.77. The van der Waals surface area contributed by atoms with Crippen LogP contribution in [0.1, 0.15) is 38.5 Å². The van der Waals surface area contributed by atoms with Crippen LogP contribution in [0.15, 0.2) is 0 Å². The van der Waals surface area contributed by atoms with Crippen LogP contribution >= 0.6 is 0 Å². The normalized spacial score (nSPS) is 31.0. The molecule has 2 heterocycles. The number of likely N-dealkylation sites (tertiary alicyclic amines) is 1. The van der Waals surface area contributed by atoms with Crippen LogP contribution in [0.4, 0.5) is 4.79 Å². The Hall–Kier alpha value is -1.30. The van der Waals surface area contributed by atoms with Gasteiger partial charge in [-0.1, -0.05) is 0 Å². The second-order valence-electron chi connectivity index (χ2n) is 6.70. The van der Waals surface area contributed by atoms with E-state index in [1.807, 2.05) is 0 Å². The zero-order valence-electron chi connectivity index (χ0n) is 12.3. The summed E-state index contributed by atoms with van der Waals surface area (Å²) >= 11 is 0. The van der Waals surface area contributed by atoms with Gasteiger partial charge in [0.2, 0.25) is 0 Å². The number of rotatable bonds is 3. The van der Waals surface area contributed by atoms with Crippen molar-refractivity contribution in [2.45, 2.75) is 44.1 Å². The smallest absolute Gasteiger partial charge is 0.317 e. The molecule has 2 atom stereocenters. The Morgan fingerprint density at radius 3 is 2.76 bits per heavy atom. The molecule has 0 aromatic heterocycles. The van der Waals surface area contributed by atoms with Gasteiger partial charge in [-0.3, -0.25) is 4.79 Å². The lowest BCUT2D eigenvalue weighted by molar-refractivity contribution is -0.142. The molecule has 1 saturated carbocycles. The lowest BCUT2D eigenvalue weighted by Crippen LogP contribution is -2.48. The van der Waals surface area contributed by atoms with Gasteiger partial charge in [0.1, 0.15) is 0 Å². The highest BCUT2D eigenvalue weighted by atomic mass is 16.5. The number of carboxylic acids is 1. The first-order chi connectivity index (χ1) is 10.1. The Labute approximate surface area is 124 Å². The third-order valence-corrected chi connectivity index (χ3v) is 5.23. The molecule has 118 valence electrons. The van der Waals surface area contributed by atoms with Crippen molar-refractivity contribution < 1.29 is 19.4 Å². The van der Waals surface area contributed by atoms with Gasteiger partial charge in [-0.25, -0.2) is 4.79 Å². The van der Waals surface area contributed by atoms with Gasteiger partial charge < -0.3 is 20.1 Å². The van der Waals surface area contributed by atoms with Crippen molar-refractivity contribution in [3.63, 3.8) is 0 Å². The monoisotopic (exact) mass is 296 g/mol. The van der Waals surface area contributed by atoms with Crippen molar-refractivity contribution in [3.05, 3.63) is 0 Å². The van der Waals surface area contributed by atoms with E-state index in [0.29, 0.717) is 32.0 Å². The largest absolute Gasteiger partial charge is 0.481 e. The van der Waals surface area contributed by atoms with Gasteiger partial charge in [0, 0.05) is 26.2 Å². The van der Waals surface area contributed by atoms with Crippen LogP contribution < -0.4 is 5.32 Å². The number of amides is 2. The molecular formula is C15H24N2O4. The predicted octanol–water partition coefficient (Wildman–Crippen LogP) is 1.45. The fourth-order valence-corrected chi connectivity index (χ4v) is 3.71. The van der Waals surface area contributed by atoms with E-state index in [1.54, 1.807) is 4.90 Å². The number of hydrogen-bond donors (Lipinski definition) is 2. The Balaban J connectivity index is 1.42. The molecule has 6 heteroatoms. The summed E-state index contributed by atoms with van der Waals surface area (Å²) in [6.45, 7) is 2.35. The number of hydrogen-bond acceptors (Lipinski definition) is 3. The molecule has 21 heavy (non-hydrogen) atoms. The minimum Gasteiger partial charge on any atom is -0.481 e. The highest BCUT2D eigenvalue weighted by Gasteiger charge is 2.42. The quantitative estimate of drug-likeness (QED) is 0.826. The van der Waals surface area contributed by atoms with Gasteiger partial charge in [0.15, 0.2) is 0 Å². The zero-order valence-corrected chi connectivity index (χ0v) is 12.3. The summed E-state index contributed by atoms with van der Waals surface area (Å²) in [5, 5.41) is 11.9. The molecule has 0 radical (unpaired) electrons. The van der Waals surface area contributed by atoms with Crippen molar-refractivity contribution in [1.29, 1.82) is 0 Å². The Morgan fingerprint density at radius 2 is 2.14 bits per heavy atom. The molecule has 0 aromatic carbocycles. The summed E-state index contributed by atoms with van der Waals surface area (Å²) in [7, 11) is 0. The standard InChI is InChI=1S/C15H24N2O4/c18-13(19)12-2-6-17(10-12)14(20)16-9-11-3-7-21-15(8-11)4-1-5-15/h11-12H,1-10H2,(H,16,20)(H,18,19). The van der Waals surface area contributed by atoms with Gasteiger partial charge in [0.05, 0.1) is 11.5 Å². The molecule has 2 N–H and O–H groups in total. The van der Waals surface area contributed by atoms with E-state index in [1.165, 1.54) is 6.42 Å². The summed E-state index contributed by atoms with van der Waals surface area (Å²) in [4.78, 5) is 24.6. The molecule has 0 bridgehead atoms. The zero-order chi connectivity index (χ0) is 14.9. The van der Waals surface area contributed by atoms with E-state index in [4.69, 9.17) is 9.84 Å². The second-order valence-corrected chi connectivity index (χ2v) is 6.70. The third kappa shape index (κ3) is 3.15. The molecule has 2 unspecified atom stereocenters. The van der Waals surface area contributed by atoms with Gasteiger partial charge in [0.25, 0.3) is 0 Å². The summed E-state index contributed by atoms with van der Waals surface area (Å²) in [6.07, 6.45) is 6.17. The van der Waals surface area contributed by atoms with E-state index in [0.717, 1.165) is 32.3 Å². The highest BCUT2D eigenvalue weighted by Crippen LogP contribution is 2.44. The van der Waals surface area contributed by atoms with Gasteiger partial charge >= 0.3 is 12.0 Å². The third-order valence-electron chi connectivity index (χ3n) is 5.23. The molecular weight excluding hydrogens is 272 g/mol. The maximum absolute atomic E-state index is 12.1. The van der Waals surface area contributed by atoms with Crippen LogP contribution in [0, 0.1) is 11.8 Å². The Morgan fingerprint density at radius 1 is 1.33 bits per heavy atom. The molecule has 1 aliphatic carbocycles. The molecule has 1 spiro atoms. The SMILES string of the molecule is O=C(O)C1CCN(C(=O)NCC2CCOC3(CCC3)C2)C1. The van der Waals surface area contributed by atoms with E-state index in [-0.39, 0.29) is 11.6 Å². The average molecular weight is 296 g/mol. The first-order valence-corrected chi connectivity index (χ1v) is 7.97. The molecule has 2 aliphatic heterocycles. The number of nitrogens with one attached hydrogen (secondary N) is 1. The molecule has 3 rings (SSSR count). The first-order valence-electron chi connectivity index (χ1n) is 7.97. The van der Waals surface area contributed by atoms with Crippen LogP contribution in [-0.2, 0) is 9.53 Å². The van der Waals surface area contributed by atoms with E-state index in [9.17, 15) is 9.59 Å². The van der Waals surface area contributed by atoms with E-state index >= 15 is 0 Å². The van der Waals surface area contributed by atoms with Crippen molar-refractivity contribution in [1.82, 2.24) is 10.2 Å². The van der Waals surface area contributed by atoms with Crippen molar-refractivity contribution in [2.75, 3.05) is 26.2 Å². The average Bonchev–Trinajstić information content (AvgIpc) is 2.93. The first kappa shape index (κ1) is 14.6. The van der Waals surface area contributed by atoms with E-state index in [2.05, 4.69) is 5.32 Å². The number of ether oxygens (including phenoxy) is 1. The molecule has 2 saturated heterocycles. The molecule has 2 amide bonds. The Kier molecular flexibility index (Phi) is 4.06. The molecule has 3 aliphatic rings. The Bertz CT molecular complexity index is 422. The summed E-state index contributed by atoms with van der Waals surface area (Å²) in [5.74, 6) is -0.723. The van der Waals surface area contributed by atoms with Crippen LogP contribution in [0.25, 0.3) is 0 Å². The number of carbonyl (C=O) groups excluding carboxylic acids is 1.